The van der Waals surface area contributed by atoms with Crippen molar-refractivity contribution in [3.05, 3.63) is 0 Å². The van der Waals surface area contributed by atoms with E-state index in [0.29, 0.717) is 25.2 Å². The Bertz CT molecular complexity index is 209. The highest BCUT2D eigenvalue weighted by Crippen LogP contribution is 2.50. The quantitative estimate of drug-likeness (QED) is 0.704. The van der Waals surface area contributed by atoms with Gasteiger partial charge < -0.3 is 10.2 Å². The molecule has 0 atom stereocenters. The molecule has 13 heavy (non-hydrogen) atoms. The molecular formula is C10H18O3. The molecule has 0 unspecified atom stereocenters. The zero-order chi connectivity index (χ0) is 10.3. The summed E-state index contributed by atoms with van der Waals surface area (Å²) in [4.78, 5) is 11.0. The molecule has 1 fully saturated rings. The summed E-state index contributed by atoms with van der Waals surface area (Å²) in [6, 6.07) is 0. The molecule has 0 amide bonds. The second-order valence-corrected chi connectivity index (χ2v) is 5.09. The van der Waals surface area contributed by atoms with Gasteiger partial charge in [0.25, 0.3) is 0 Å². The molecule has 0 bridgehead atoms. The van der Waals surface area contributed by atoms with E-state index < -0.39 is 17.0 Å². The molecule has 2 N–H and O–H groups in total. The van der Waals surface area contributed by atoms with Gasteiger partial charge >= 0.3 is 5.97 Å². The van der Waals surface area contributed by atoms with Crippen LogP contribution in [0.3, 0.4) is 0 Å². The molecule has 0 saturated heterocycles. The number of aliphatic carboxylic acids is 1. The van der Waals surface area contributed by atoms with Crippen LogP contribution in [-0.2, 0) is 4.79 Å². The average Bonchev–Trinajstić information content (AvgIpc) is 1.79. The zero-order valence-electron chi connectivity index (χ0n) is 8.50. The first kappa shape index (κ1) is 10.5. The molecule has 0 aromatic carbocycles. The summed E-state index contributed by atoms with van der Waals surface area (Å²) in [5, 5.41) is 18.6. The van der Waals surface area contributed by atoms with E-state index in [0.717, 1.165) is 0 Å². The molecule has 1 rings (SSSR count). The molecule has 0 aromatic rings. The van der Waals surface area contributed by atoms with E-state index in [1.807, 2.05) is 6.92 Å². The summed E-state index contributed by atoms with van der Waals surface area (Å²) < 4.78 is 0. The van der Waals surface area contributed by atoms with Crippen molar-refractivity contribution in [2.24, 2.45) is 11.3 Å². The predicted molar refractivity (Wildman–Crippen MR) is 49.4 cm³/mol. The van der Waals surface area contributed by atoms with Crippen LogP contribution in [0.15, 0.2) is 0 Å². The highest BCUT2D eigenvalue weighted by molar-refractivity contribution is 5.76. The molecule has 1 saturated carbocycles. The maximum Gasteiger partial charge on any atom is 0.309 e. The standard InChI is InChI=1S/C10H18O3/c1-7-4-10(5-7,8(11)12)6-9(2,3)13/h7,13H,4-6H2,1-3H3,(H,11,12). The molecule has 0 aliphatic heterocycles. The molecule has 3 heteroatoms. The number of hydrogen-bond acceptors (Lipinski definition) is 2. The van der Waals surface area contributed by atoms with E-state index in [1.54, 1.807) is 13.8 Å². The Balaban J connectivity index is 2.66. The maximum atomic E-state index is 11.0. The molecule has 1 aliphatic carbocycles. The van der Waals surface area contributed by atoms with Gasteiger partial charge in [0.15, 0.2) is 0 Å². The first-order valence-electron chi connectivity index (χ1n) is 4.71. The van der Waals surface area contributed by atoms with E-state index in [9.17, 15) is 9.90 Å². The van der Waals surface area contributed by atoms with Gasteiger partial charge in [-0.1, -0.05) is 6.92 Å². The minimum atomic E-state index is -0.876. The highest BCUT2D eigenvalue weighted by atomic mass is 16.4. The van der Waals surface area contributed by atoms with Crippen LogP contribution < -0.4 is 0 Å². The number of rotatable bonds is 3. The zero-order valence-corrected chi connectivity index (χ0v) is 8.50. The van der Waals surface area contributed by atoms with Gasteiger partial charge in [-0.3, -0.25) is 4.79 Å². The predicted octanol–water partition coefficient (Wildman–Crippen LogP) is 1.65. The Hall–Kier alpha value is -0.570. The normalized spacial score (nSPS) is 34.0. The van der Waals surface area contributed by atoms with E-state index in [2.05, 4.69) is 0 Å². The molecule has 0 spiro atoms. The van der Waals surface area contributed by atoms with Gasteiger partial charge in [-0.25, -0.2) is 0 Å². The second-order valence-electron chi connectivity index (χ2n) is 5.09. The smallest absolute Gasteiger partial charge is 0.309 e. The van der Waals surface area contributed by atoms with Gasteiger partial charge in [0, 0.05) is 0 Å². The maximum absolute atomic E-state index is 11.0. The fourth-order valence-electron chi connectivity index (χ4n) is 2.50. The SMILES string of the molecule is CC1CC(CC(C)(C)O)(C(=O)O)C1. The lowest BCUT2D eigenvalue weighted by atomic mass is 9.59. The van der Waals surface area contributed by atoms with Gasteiger partial charge in [-0.05, 0) is 39.0 Å². The second kappa shape index (κ2) is 2.98. The Morgan fingerprint density at radius 2 is 2.00 bits per heavy atom. The van der Waals surface area contributed by atoms with Gasteiger partial charge in [-0.2, -0.15) is 0 Å². The molecule has 0 radical (unpaired) electrons. The number of carbonyl (C=O) groups is 1. The van der Waals surface area contributed by atoms with Crippen molar-refractivity contribution in [2.75, 3.05) is 0 Å². The third-order valence-electron chi connectivity index (χ3n) is 2.70. The summed E-state index contributed by atoms with van der Waals surface area (Å²) >= 11 is 0. The van der Waals surface area contributed by atoms with Crippen molar-refractivity contribution in [1.82, 2.24) is 0 Å². The number of hydrogen-bond donors (Lipinski definition) is 2. The topological polar surface area (TPSA) is 57.5 Å². The largest absolute Gasteiger partial charge is 0.481 e. The molecule has 1 aliphatic rings. The van der Waals surface area contributed by atoms with Crippen molar-refractivity contribution in [3.8, 4) is 0 Å². The summed E-state index contributed by atoms with van der Waals surface area (Å²) in [6.07, 6.45) is 1.76. The average molecular weight is 186 g/mol. The molecule has 3 nitrogen and oxygen atoms in total. The Morgan fingerprint density at radius 1 is 1.54 bits per heavy atom. The van der Waals surface area contributed by atoms with Crippen LogP contribution in [0.4, 0.5) is 0 Å². The molecule has 0 aromatic heterocycles. The van der Waals surface area contributed by atoms with Crippen molar-refractivity contribution in [2.45, 2.75) is 45.6 Å². The van der Waals surface area contributed by atoms with E-state index in [-0.39, 0.29) is 0 Å². The lowest BCUT2D eigenvalue weighted by molar-refractivity contribution is -0.163. The van der Waals surface area contributed by atoms with Crippen LogP contribution >= 0.6 is 0 Å². The van der Waals surface area contributed by atoms with E-state index in [1.165, 1.54) is 0 Å². The lowest BCUT2D eigenvalue weighted by Crippen LogP contribution is -2.47. The monoisotopic (exact) mass is 186 g/mol. The summed E-state index contributed by atoms with van der Waals surface area (Å²) in [5.41, 5.74) is -1.53. The third-order valence-corrected chi connectivity index (χ3v) is 2.70. The van der Waals surface area contributed by atoms with Crippen molar-refractivity contribution in [1.29, 1.82) is 0 Å². The van der Waals surface area contributed by atoms with E-state index in [4.69, 9.17) is 5.11 Å². The first-order chi connectivity index (χ1) is 5.75. The minimum absolute atomic E-state index is 0.361. The van der Waals surface area contributed by atoms with Crippen LogP contribution in [-0.4, -0.2) is 21.8 Å². The van der Waals surface area contributed by atoms with Crippen LogP contribution in [0.1, 0.15) is 40.0 Å². The van der Waals surface area contributed by atoms with Crippen LogP contribution in [0.5, 0.6) is 0 Å². The summed E-state index contributed by atoms with van der Waals surface area (Å²) in [5.74, 6) is -0.272. The van der Waals surface area contributed by atoms with Gasteiger partial charge in [-0.15, -0.1) is 0 Å². The Labute approximate surface area is 78.8 Å². The van der Waals surface area contributed by atoms with Crippen LogP contribution in [0.25, 0.3) is 0 Å². The Morgan fingerprint density at radius 3 is 2.23 bits per heavy atom. The van der Waals surface area contributed by atoms with Crippen molar-refractivity contribution >= 4 is 5.97 Å². The van der Waals surface area contributed by atoms with Gasteiger partial charge in [0.05, 0.1) is 11.0 Å². The molecular weight excluding hydrogens is 168 g/mol. The van der Waals surface area contributed by atoms with Crippen LogP contribution in [0, 0.1) is 11.3 Å². The van der Waals surface area contributed by atoms with Gasteiger partial charge in [0.1, 0.15) is 0 Å². The van der Waals surface area contributed by atoms with E-state index >= 15 is 0 Å². The highest BCUT2D eigenvalue weighted by Gasteiger charge is 2.50. The molecule has 0 heterocycles. The summed E-state index contributed by atoms with van der Waals surface area (Å²) in [7, 11) is 0. The third kappa shape index (κ3) is 2.21. The van der Waals surface area contributed by atoms with Gasteiger partial charge in [0.2, 0.25) is 0 Å². The Kier molecular flexibility index (Phi) is 2.41. The van der Waals surface area contributed by atoms with Crippen molar-refractivity contribution in [3.63, 3.8) is 0 Å². The number of carboxylic acids is 1. The fraction of sp³-hybridized carbons (Fsp3) is 0.900. The minimum Gasteiger partial charge on any atom is -0.481 e. The lowest BCUT2D eigenvalue weighted by Gasteiger charge is -2.45. The van der Waals surface area contributed by atoms with Crippen LogP contribution in [0.2, 0.25) is 0 Å². The first-order valence-corrected chi connectivity index (χ1v) is 4.71. The van der Waals surface area contributed by atoms with Crippen molar-refractivity contribution < 1.29 is 15.0 Å². The summed E-state index contributed by atoms with van der Waals surface area (Å²) in [6.45, 7) is 5.38. The number of carboxylic acid groups (broad SMARTS) is 1. The number of aliphatic hydroxyl groups is 1. The fourth-order valence-corrected chi connectivity index (χ4v) is 2.50. The molecule has 76 valence electrons.